The molecule has 1 aliphatic carbocycles. The van der Waals surface area contributed by atoms with Crippen LogP contribution in [0.4, 0.5) is 11.6 Å². The number of imidazole rings is 1. The number of rotatable bonds is 6. The fourth-order valence-corrected chi connectivity index (χ4v) is 7.57. The van der Waals surface area contributed by atoms with Gasteiger partial charge >= 0.3 is 0 Å². The Morgan fingerprint density at radius 1 is 0.935 bits per heavy atom. The number of carbonyl (C=O) groups is 1. The largest absolute Gasteiger partial charge is 0.390 e. The maximum absolute atomic E-state index is 13.8. The Morgan fingerprint density at radius 3 is 2.37 bits per heavy atom. The number of aryl methyl sites for hydroxylation is 2. The predicted molar refractivity (Wildman–Crippen MR) is 181 cm³/mol. The molecule has 2 N–H and O–H groups in total. The predicted octanol–water partition coefficient (Wildman–Crippen LogP) is 4.47. The summed E-state index contributed by atoms with van der Waals surface area (Å²) in [5.41, 5.74) is 5.30. The summed E-state index contributed by atoms with van der Waals surface area (Å²) in [4.78, 5) is 31.0. The van der Waals surface area contributed by atoms with Crippen LogP contribution in [-0.2, 0) is 7.05 Å². The highest BCUT2D eigenvalue weighted by Gasteiger charge is 2.32. The molecule has 1 amide bonds. The van der Waals surface area contributed by atoms with Crippen LogP contribution in [0.2, 0.25) is 0 Å². The van der Waals surface area contributed by atoms with E-state index in [0.29, 0.717) is 36.1 Å². The van der Waals surface area contributed by atoms with Gasteiger partial charge in [0.15, 0.2) is 0 Å². The molecule has 4 aromatic rings. The number of piperidine rings is 1. The van der Waals surface area contributed by atoms with Crippen molar-refractivity contribution in [2.75, 3.05) is 56.5 Å². The zero-order valence-corrected chi connectivity index (χ0v) is 27.6. The summed E-state index contributed by atoms with van der Waals surface area (Å²) in [6.45, 7) is 10.5. The molecular weight excluding hydrogens is 578 g/mol. The minimum Gasteiger partial charge on any atom is -0.390 e. The first kappa shape index (κ1) is 30.8. The molecule has 1 aromatic carbocycles. The molecule has 0 bridgehead atoms. The topological polar surface area (TPSA) is 108 Å². The van der Waals surface area contributed by atoms with Crippen molar-refractivity contribution >= 4 is 28.6 Å². The van der Waals surface area contributed by atoms with Gasteiger partial charge in [-0.1, -0.05) is 0 Å². The third-order valence-corrected chi connectivity index (χ3v) is 10.4. The number of hydrogen-bond acceptors (Lipinski definition) is 8. The van der Waals surface area contributed by atoms with Gasteiger partial charge in [0.25, 0.3) is 5.91 Å². The van der Waals surface area contributed by atoms with Gasteiger partial charge in [0.05, 0.1) is 28.5 Å². The molecule has 2 aliphatic heterocycles. The van der Waals surface area contributed by atoms with E-state index in [9.17, 15) is 9.90 Å². The van der Waals surface area contributed by atoms with Crippen molar-refractivity contribution in [2.45, 2.75) is 70.1 Å². The highest BCUT2D eigenvalue weighted by Crippen LogP contribution is 2.39. The van der Waals surface area contributed by atoms with Crippen molar-refractivity contribution in [1.82, 2.24) is 34.1 Å². The molecule has 7 rings (SSSR count). The van der Waals surface area contributed by atoms with Crippen LogP contribution in [0, 0.1) is 6.92 Å². The van der Waals surface area contributed by atoms with E-state index in [4.69, 9.17) is 4.98 Å². The number of piperazine rings is 1. The van der Waals surface area contributed by atoms with Gasteiger partial charge in [-0.25, -0.2) is 4.98 Å². The summed E-state index contributed by atoms with van der Waals surface area (Å²) in [6.07, 6.45) is 9.06. The molecule has 3 aromatic heterocycles. The normalized spacial score (nSPS) is 23.7. The number of amides is 1. The lowest BCUT2D eigenvalue weighted by molar-refractivity contribution is 0.0106. The smallest absolute Gasteiger partial charge is 0.258 e. The second-order valence-electron chi connectivity index (χ2n) is 14.0. The number of aromatic nitrogens is 5. The van der Waals surface area contributed by atoms with Crippen LogP contribution < -0.4 is 10.2 Å². The molecule has 1 saturated carbocycles. The number of anilines is 2. The molecule has 0 radical (unpaired) electrons. The van der Waals surface area contributed by atoms with Crippen molar-refractivity contribution in [1.29, 1.82) is 0 Å². The molecule has 0 atom stereocenters. The summed E-state index contributed by atoms with van der Waals surface area (Å²) < 4.78 is 3.95. The lowest BCUT2D eigenvalue weighted by Gasteiger charge is -2.42. The second-order valence-corrected chi connectivity index (χ2v) is 14.0. The molecular formula is C35H47N9O2. The Morgan fingerprint density at radius 2 is 1.67 bits per heavy atom. The summed E-state index contributed by atoms with van der Waals surface area (Å²) in [6, 6.07) is 10.9. The highest BCUT2D eigenvalue weighted by molar-refractivity contribution is 6.05. The minimum absolute atomic E-state index is 0.129. The molecule has 0 spiro atoms. The Bertz CT molecular complexity index is 1700. The monoisotopic (exact) mass is 625 g/mol. The third-order valence-electron chi connectivity index (χ3n) is 10.4. The molecule has 46 heavy (non-hydrogen) atoms. The Labute approximate surface area is 271 Å². The zero-order chi connectivity index (χ0) is 32.0. The van der Waals surface area contributed by atoms with E-state index in [0.717, 1.165) is 61.3 Å². The molecule has 3 aliphatic rings. The molecule has 11 heteroatoms. The van der Waals surface area contributed by atoms with E-state index in [-0.39, 0.29) is 11.9 Å². The number of carbonyl (C=O) groups excluding carboxylic acids is 1. The van der Waals surface area contributed by atoms with Gasteiger partial charge in [-0.05, 0) is 89.8 Å². The van der Waals surface area contributed by atoms with Gasteiger partial charge in [0.1, 0.15) is 0 Å². The molecule has 0 unspecified atom stereocenters. The first-order chi connectivity index (χ1) is 22.1. The van der Waals surface area contributed by atoms with E-state index in [1.54, 1.807) is 10.9 Å². The number of nitrogens with one attached hydrogen (secondary N) is 1. The molecule has 3 fully saturated rings. The van der Waals surface area contributed by atoms with Gasteiger partial charge in [-0.2, -0.15) is 5.10 Å². The summed E-state index contributed by atoms with van der Waals surface area (Å²) in [7, 11) is 4.08. The van der Waals surface area contributed by atoms with Crippen LogP contribution in [-0.4, -0.2) is 103 Å². The fourth-order valence-electron chi connectivity index (χ4n) is 7.57. The number of likely N-dealkylation sites (N-methyl/N-ethyl adjacent to an activating group) is 1. The van der Waals surface area contributed by atoms with Gasteiger partial charge in [-0.15, -0.1) is 0 Å². The number of fused-ring (bicyclic) bond motifs is 1. The van der Waals surface area contributed by atoms with E-state index in [1.165, 1.54) is 31.6 Å². The van der Waals surface area contributed by atoms with Gasteiger partial charge < -0.3 is 19.5 Å². The average Bonchev–Trinajstić information content (AvgIpc) is 3.64. The summed E-state index contributed by atoms with van der Waals surface area (Å²) >= 11 is 0. The van der Waals surface area contributed by atoms with E-state index in [2.05, 4.69) is 59.9 Å². The number of hydrogen-bond donors (Lipinski definition) is 2. The van der Waals surface area contributed by atoms with Crippen LogP contribution in [0.25, 0.3) is 22.3 Å². The van der Waals surface area contributed by atoms with Crippen LogP contribution in [0.15, 0.2) is 42.7 Å². The van der Waals surface area contributed by atoms with Gasteiger partial charge in [0, 0.05) is 87.1 Å². The SMILES string of the molecule is Cc1cc(C(=O)Nc2nc3ccc(N4CCC(N5CCN(C)CC5)CC4)cc3n2C2CCC(C)(O)CC2)cc(-c2cnn(C)c2)n1. The van der Waals surface area contributed by atoms with Crippen LogP contribution in [0.1, 0.15) is 67.5 Å². The maximum Gasteiger partial charge on any atom is 0.258 e. The van der Waals surface area contributed by atoms with Gasteiger partial charge in [-0.3, -0.25) is 24.7 Å². The lowest BCUT2D eigenvalue weighted by Crippen LogP contribution is -2.52. The Balaban J connectivity index is 1.16. The maximum atomic E-state index is 13.8. The number of nitrogens with zero attached hydrogens (tertiary/aromatic N) is 8. The second kappa shape index (κ2) is 12.4. The summed E-state index contributed by atoms with van der Waals surface area (Å²) in [5, 5.41) is 18.2. The van der Waals surface area contributed by atoms with E-state index < -0.39 is 5.60 Å². The number of benzene rings is 1. The number of pyridine rings is 1. The van der Waals surface area contributed by atoms with Crippen molar-refractivity contribution < 1.29 is 9.90 Å². The molecule has 244 valence electrons. The Hall–Kier alpha value is -3.80. The fraction of sp³-hybridized carbons (Fsp3) is 0.543. The van der Waals surface area contributed by atoms with Crippen molar-refractivity contribution in [3.8, 4) is 11.3 Å². The molecule has 2 saturated heterocycles. The van der Waals surface area contributed by atoms with Crippen LogP contribution >= 0.6 is 0 Å². The summed E-state index contributed by atoms with van der Waals surface area (Å²) in [5.74, 6) is 0.330. The van der Waals surface area contributed by atoms with Crippen molar-refractivity contribution in [3.63, 3.8) is 0 Å². The quantitative estimate of drug-likeness (QED) is 0.323. The molecule has 5 heterocycles. The zero-order valence-electron chi connectivity index (χ0n) is 27.6. The van der Waals surface area contributed by atoms with Crippen LogP contribution in [0.5, 0.6) is 0 Å². The van der Waals surface area contributed by atoms with Crippen molar-refractivity contribution in [2.24, 2.45) is 7.05 Å². The number of aliphatic hydroxyl groups is 1. The first-order valence-electron chi connectivity index (χ1n) is 16.8. The van der Waals surface area contributed by atoms with Crippen molar-refractivity contribution in [3.05, 3.63) is 54.0 Å². The van der Waals surface area contributed by atoms with E-state index in [1.807, 2.05) is 39.2 Å². The third kappa shape index (κ3) is 6.41. The highest BCUT2D eigenvalue weighted by atomic mass is 16.3. The minimum atomic E-state index is -0.660. The lowest BCUT2D eigenvalue weighted by atomic mass is 9.83. The van der Waals surface area contributed by atoms with Gasteiger partial charge in [0.2, 0.25) is 5.95 Å². The molecule has 11 nitrogen and oxygen atoms in total. The Kier molecular flexibility index (Phi) is 8.33. The first-order valence-corrected chi connectivity index (χ1v) is 16.8. The van der Waals surface area contributed by atoms with E-state index >= 15 is 0 Å². The van der Waals surface area contributed by atoms with Crippen LogP contribution in [0.3, 0.4) is 0 Å². The average molecular weight is 626 g/mol. The standard InChI is InChI=1S/C35H47N9O2/c1-24-19-25(20-31(37-24)26-22-36-41(4)23-26)33(45)39-34-38-30-6-5-29(21-32(30)44(34)28-7-11-35(2,46)12-8-28)42-13-9-27(10-14-42)43-17-15-40(3)16-18-43/h5-6,19-23,27-28,46H,7-18H2,1-4H3,(H,38,39,45).